The van der Waals surface area contributed by atoms with Crippen molar-refractivity contribution in [2.75, 3.05) is 0 Å². The third-order valence-corrected chi connectivity index (χ3v) is 6.10. The molecule has 6 nitrogen and oxygen atoms in total. The van der Waals surface area contributed by atoms with E-state index in [0.717, 1.165) is 16.3 Å². The number of aromatic nitrogens is 3. The van der Waals surface area contributed by atoms with E-state index in [4.69, 9.17) is 23.8 Å². The first kappa shape index (κ1) is 20.5. The Hall–Kier alpha value is -2.81. The van der Waals surface area contributed by atoms with Gasteiger partial charge in [-0.2, -0.15) is 0 Å². The Balaban J connectivity index is 1.58. The summed E-state index contributed by atoms with van der Waals surface area (Å²) in [6, 6.07) is 12.2. The molecule has 0 atom stereocenters. The van der Waals surface area contributed by atoms with Gasteiger partial charge < -0.3 is 10.3 Å². The van der Waals surface area contributed by atoms with E-state index in [2.05, 4.69) is 15.3 Å². The fourth-order valence-electron chi connectivity index (χ4n) is 3.04. The highest BCUT2D eigenvalue weighted by Gasteiger charge is 2.12. The maximum Gasteiger partial charge on any atom is 0.262 e. The molecule has 0 aliphatic heterocycles. The maximum atomic E-state index is 12.9. The molecule has 2 aromatic heterocycles. The summed E-state index contributed by atoms with van der Waals surface area (Å²) in [5.41, 5.74) is 2.60. The molecule has 9 heteroatoms. The van der Waals surface area contributed by atoms with E-state index in [1.807, 2.05) is 24.4 Å². The van der Waals surface area contributed by atoms with Crippen LogP contribution >= 0.6 is 35.2 Å². The number of carbonyl (C=O) groups is 1. The molecule has 4 aromatic rings. The molecule has 30 heavy (non-hydrogen) atoms. The van der Waals surface area contributed by atoms with Crippen molar-refractivity contribution in [3.05, 3.63) is 89.8 Å². The van der Waals surface area contributed by atoms with Gasteiger partial charge in [0, 0.05) is 28.2 Å². The first-order chi connectivity index (χ1) is 14.4. The highest BCUT2D eigenvalue weighted by Crippen LogP contribution is 2.14. The van der Waals surface area contributed by atoms with Crippen LogP contribution in [0.5, 0.6) is 0 Å². The number of nitrogens with zero attached hydrogens (tertiary/aromatic N) is 2. The van der Waals surface area contributed by atoms with Gasteiger partial charge in [0.15, 0.2) is 4.77 Å². The number of halogens is 1. The van der Waals surface area contributed by atoms with E-state index in [1.54, 1.807) is 30.3 Å². The van der Waals surface area contributed by atoms with Crippen LogP contribution in [-0.2, 0) is 13.1 Å². The van der Waals surface area contributed by atoms with Crippen LogP contribution in [0.3, 0.4) is 0 Å². The van der Waals surface area contributed by atoms with Crippen LogP contribution in [0.15, 0.2) is 52.6 Å². The topological polar surface area (TPSA) is 79.8 Å². The zero-order valence-corrected chi connectivity index (χ0v) is 18.3. The first-order valence-corrected chi connectivity index (χ1v) is 10.8. The second-order valence-corrected chi connectivity index (χ2v) is 8.54. The molecule has 2 heterocycles. The summed E-state index contributed by atoms with van der Waals surface area (Å²) >= 11 is 12.7. The summed E-state index contributed by atoms with van der Waals surface area (Å²) in [5, 5.41) is 6.72. The molecule has 1 amide bonds. The highest BCUT2D eigenvalue weighted by molar-refractivity contribution is 7.71. The third-order valence-electron chi connectivity index (χ3n) is 4.57. The number of hydrogen-bond donors (Lipinski definition) is 2. The molecule has 0 aliphatic rings. The van der Waals surface area contributed by atoms with Crippen LogP contribution < -0.4 is 10.9 Å². The van der Waals surface area contributed by atoms with Crippen molar-refractivity contribution in [1.82, 2.24) is 19.9 Å². The summed E-state index contributed by atoms with van der Waals surface area (Å²) in [5.74, 6) is -0.242. The van der Waals surface area contributed by atoms with E-state index in [1.165, 1.54) is 15.9 Å². The number of fused-ring (bicyclic) bond motifs is 1. The normalized spacial score (nSPS) is 11.0. The Morgan fingerprint density at radius 1 is 1.27 bits per heavy atom. The van der Waals surface area contributed by atoms with Gasteiger partial charge in [-0.1, -0.05) is 23.7 Å². The third kappa shape index (κ3) is 4.35. The number of nitrogens with one attached hydrogen (secondary N) is 2. The monoisotopic (exact) mass is 456 g/mol. The Bertz CT molecular complexity index is 1360. The van der Waals surface area contributed by atoms with Gasteiger partial charge >= 0.3 is 0 Å². The number of aryl methyl sites for hydroxylation is 1. The maximum absolute atomic E-state index is 12.9. The van der Waals surface area contributed by atoms with E-state index in [0.29, 0.717) is 39.3 Å². The van der Waals surface area contributed by atoms with Gasteiger partial charge in [-0.15, -0.1) is 11.3 Å². The largest absolute Gasteiger partial charge is 0.348 e. The van der Waals surface area contributed by atoms with E-state index in [9.17, 15) is 9.59 Å². The minimum Gasteiger partial charge on any atom is -0.348 e. The molecule has 0 fully saturated rings. The van der Waals surface area contributed by atoms with Crippen LogP contribution in [-0.4, -0.2) is 20.4 Å². The van der Waals surface area contributed by atoms with Crippen LogP contribution in [0, 0.1) is 11.7 Å². The highest BCUT2D eigenvalue weighted by atomic mass is 35.5. The number of H-pyrrole nitrogens is 1. The van der Waals surface area contributed by atoms with Crippen molar-refractivity contribution >= 4 is 52.0 Å². The van der Waals surface area contributed by atoms with Crippen molar-refractivity contribution in [3.63, 3.8) is 0 Å². The van der Waals surface area contributed by atoms with E-state index in [-0.39, 0.29) is 11.5 Å². The lowest BCUT2D eigenvalue weighted by atomic mass is 10.1. The predicted molar refractivity (Wildman–Crippen MR) is 122 cm³/mol. The molecule has 0 saturated heterocycles. The number of benzene rings is 2. The number of aromatic amines is 1. The second kappa shape index (κ2) is 8.51. The molecule has 2 aromatic carbocycles. The molecule has 2 N–H and O–H groups in total. The number of rotatable bonds is 5. The van der Waals surface area contributed by atoms with Gasteiger partial charge in [0.2, 0.25) is 0 Å². The summed E-state index contributed by atoms with van der Waals surface area (Å²) < 4.78 is 1.77. The molecule has 0 bridgehead atoms. The predicted octanol–water partition coefficient (Wildman–Crippen LogP) is 4.46. The molecular formula is C21H17ClN4O2S2. The fourth-order valence-corrected chi connectivity index (χ4v) is 4.18. The Labute approximate surface area is 186 Å². The molecular weight excluding hydrogens is 440 g/mol. The zero-order chi connectivity index (χ0) is 21.3. The Morgan fingerprint density at radius 2 is 2.03 bits per heavy atom. The van der Waals surface area contributed by atoms with Gasteiger partial charge in [-0.3, -0.25) is 14.2 Å². The molecule has 4 rings (SSSR count). The lowest BCUT2D eigenvalue weighted by Gasteiger charge is -2.09. The molecule has 0 unspecified atom stereocenters. The van der Waals surface area contributed by atoms with Gasteiger partial charge in [-0.25, -0.2) is 4.98 Å². The van der Waals surface area contributed by atoms with Crippen LogP contribution in [0.25, 0.3) is 10.9 Å². The number of thiazole rings is 1. The number of carbonyl (C=O) groups excluding carboxylic acids is 1. The molecule has 0 saturated carbocycles. The van der Waals surface area contributed by atoms with Gasteiger partial charge in [-0.05, 0) is 55.0 Å². The number of hydrogen-bond acceptors (Lipinski definition) is 5. The second-order valence-electron chi connectivity index (χ2n) is 6.77. The molecule has 0 aliphatic carbocycles. The number of amides is 1. The first-order valence-electron chi connectivity index (χ1n) is 9.11. The zero-order valence-electron chi connectivity index (χ0n) is 15.9. The quantitative estimate of drug-likeness (QED) is 0.434. The fraction of sp³-hybridized carbons (Fsp3) is 0.143. The van der Waals surface area contributed by atoms with Crippen molar-refractivity contribution < 1.29 is 4.79 Å². The van der Waals surface area contributed by atoms with Gasteiger partial charge in [0.05, 0.1) is 17.4 Å². The van der Waals surface area contributed by atoms with Crippen molar-refractivity contribution in [2.24, 2.45) is 0 Å². The van der Waals surface area contributed by atoms with Crippen molar-refractivity contribution in [1.29, 1.82) is 0 Å². The molecule has 152 valence electrons. The van der Waals surface area contributed by atoms with Crippen LogP contribution in [0.1, 0.15) is 26.6 Å². The van der Waals surface area contributed by atoms with Crippen LogP contribution in [0.2, 0.25) is 5.02 Å². The lowest BCUT2D eigenvalue weighted by molar-refractivity contribution is 0.0951. The van der Waals surface area contributed by atoms with E-state index < -0.39 is 0 Å². The smallest absolute Gasteiger partial charge is 0.262 e. The molecule has 0 radical (unpaired) electrons. The summed E-state index contributed by atoms with van der Waals surface area (Å²) in [7, 11) is 0. The standard InChI is InChI=1S/C21H17ClN4O2S2/c1-12-11-30-18(24-12)10-26-20(28)16-7-4-14(8-17(16)25-21(26)29)19(27)23-9-13-2-5-15(22)6-3-13/h2-8,11H,9-10H2,1H3,(H,23,27)(H,25,29). The Kier molecular flexibility index (Phi) is 5.80. The molecule has 0 spiro atoms. The average molecular weight is 457 g/mol. The summed E-state index contributed by atoms with van der Waals surface area (Å²) in [6.45, 7) is 2.59. The minimum absolute atomic E-state index is 0.213. The van der Waals surface area contributed by atoms with Gasteiger partial charge in [0.25, 0.3) is 11.5 Å². The van der Waals surface area contributed by atoms with Crippen molar-refractivity contribution in [3.8, 4) is 0 Å². The summed E-state index contributed by atoms with van der Waals surface area (Å²) in [4.78, 5) is 32.9. The van der Waals surface area contributed by atoms with Gasteiger partial charge in [0.1, 0.15) is 5.01 Å². The lowest BCUT2D eigenvalue weighted by Crippen LogP contribution is -2.24. The average Bonchev–Trinajstić information content (AvgIpc) is 3.15. The summed E-state index contributed by atoms with van der Waals surface area (Å²) in [6.07, 6.45) is 0. The minimum atomic E-state index is -0.242. The van der Waals surface area contributed by atoms with Crippen molar-refractivity contribution in [2.45, 2.75) is 20.0 Å². The van der Waals surface area contributed by atoms with Crippen LogP contribution in [0.4, 0.5) is 0 Å². The van der Waals surface area contributed by atoms with E-state index >= 15 is 0 Å². The Morgan fingerprint density at radius 3 is 2.73 bits per heavy atom. The SMILES string of the molecule is Cc1csc(Cn2c(=S)[nH]c3cc(C(=O)NCc4ccc(Cl)cc4)ccc3c2=O)n1.